The number of carbonyl (C=O) groups is 1. The van der Waals surface area contributed by atoms with Gasteiger partial charge in [-0.15, -0.1) is 0 Å². The lowest BCUT2D eigenvalue weighted by molar-refractivity contribution is 0.0908. The van der Waals surface area contributed by atoms with Gasteiger partial charge in [-0.2, -0.15) is 0 Å². The van der Waals surface area contributed by atoms with Crippen LogP contribution in [0.2, 0.25) is 5.02 Å². The Kier molecular flexibility index (Phi) is 7.18. The molecule has 1 saturated heterocycles. The standard InChI is InChI=1S/C25H26ClN3O2/c26-22-8-6-19(7-9-22)17-29-14-11-23(12-15-29)28-25(30)21-10-13-27-24(16-21)31-18-20-4-2-1-3-5-20/h1-10,13,16,23H,11-12,14-15,17-18H2,(H,28,30). The van der Waals surface area contributed by atoms with Gasteiger partial charge in [-0.25, -0.2) is 4.98 Å². The van der Waals surface area contributed by atoms with Crippen molar-refractivity contribution in [3.63, 3.8) is 0 Å². The number of nitrogens with zero attached hydrogens (tertiary/aromatic N) is 2. The lowest BCUT2D eigenvalue weighted by Crippen LogP contribution is -2.44. The number of amides is 1. The topological polar surface area (TPSA) is 54.5 Å². The molecular weight excluding hydrogens is 410 g/mol. The van der Waals surface area contributed by atoms with Gasteiger partial charge in [0.2, 0.25) is 5.88 Å². The van der Waals surface area contributed by atoms with E-state index in [0.717, 1.165) is 43.1 Å². The molecular formula is C25H26ClN3O2. The lowest BCUT2D eigenvalue weighted by atomic mass is 10.0. The summed E-state index contributed by atoms with van der Waals surface area (Å²) in [4.78, 5) is 19.4. The molecule has 2 heterocycles. The van der Waals surface area contributed by atoms with Crippen molar-refractivity contribution in [1.29, 1.82) is 0 Å². The second kappa shape index (κ2) is 10.4. The average molecular weight is 436 g/mol. The summed E-state index contributed by atoms with van der Waals surface area (Å²) in [6, 6.07) is 21.5. The number of hydrogen-bond donors (Lipinski definition) is 1. The van der Waals surface area contributed by atoms with Crippen LogP contribution in [-0.2, 0) is 13.2 Å². The van der Waals surface area contributed by atoms with Gasteiger partial charge in [0.1, 0.15) is 6.61 Å². The number of piperidine rings is 1. The van der Waals surface area contributed by atoms with Crippen LogP contribution in [0.25, 0.3) is 0 Å². The predicted molar refractivity (Wildman–Crippen MR) is 122 cm³/mol. The molecule has 4 rings (SSSR count). The van der Waals surface area contributed by atoms with Gasteiger partial charge in [0.05, 0.1) is 0 Å². The maximum Gasteiger partial charge on any atom is 0.251 e. The van der Waals surface area contributed by atoms with E-state index in [1.54, 1.807) is 18.3 Å². The third-order valence-electron chi connectivity index (χ3n) is 5.47. The Hall–Kier alpha value is -2.89. The van der Waals surface area contributed by atoms with Crippen LogP contribution in [0.3, 0.4) is 0 Å². The first kappa shape index (κ1) is 21.3. The molecule has 5 nitrogen and oxygen atoms in total. The highest BCUT2D eigenvalue weighted by Crippen LogP contribution is 2.17. The molecule has 0 radical (unpaired) electrons. The summed E-state index contributed by atoms with van der Waals surface area (Å²) >= 11 is 5.96. The summed E-state index contributed by atoms with van der Waals surface area (Å²) in [5.74, 6) is 0.373. The molecule has 1 N–H and O–H groups in total. The van der Waals surface area contributed by atoms with Gasteiger partial charge >= 0.3 is 0 Å². The van der Waals surface area contributed by atoms with Crippen molar-refractivity contribution in [2.24, 2.45) is 0 Å². The quantitative estimate of drug-likeness (QED) is 0.584. The zero-order valence-electron chi connectivity index (χ0n) is 17.3. The van der Waals surface area contributed by atoms with Crippen LogP contribution in [0.5, 0.6) is 5.88 Å². The van der Waals surface area contributed by atoms with Crippen LogP contribution < -0.4 is 10.1 Å². The minimum Gasteiger partial charge on any atom is -0.473 e. The van der Waals surface area contributed by atoms with Crippen LogP contribution in [-0.4, -0.2) is 34.9 Å². The third kappa shape index (κ3) is 6.29. The van der Waals surface area contributed by atoms with E-state index in [9.17, 15) is 4.79 Å². The Morgan fingerprint density at radius 2 is 1.77 bits per heavy atom. The normalized spacial score (nSPS) is 14.9. The Bertz CT molecular complexity index is 987. The molecule has 0 saturated carbocycles. The minimum absolute atomic E-state index is 0.0805. The number of rotatable bonds is 7. The number of carbonyl (C=O) groups excluding carboxylic acids is 1. The molecule has 6 heteroatoms. The Balaban J connectivity index is 1.25. The van der Waals surface area contributed by atoms with Crippen molar-refractivity contribution < 1.29 is 9.53 Å². The molecule has 0 unspecified atom stereocenters. The molecule has 1 amide bonds. The zero-order valence-corrected chi connectivity index (χ0v) is 18.1. The third-order valence-corrected chi connectivity index (χ3v) is 5.72. The van der Waals surface area contributed by atoms with E-state index >= 15 is 0 Å². The predicted octanol–water partition coefficient (Wildman–Crippen LogP) is 4.71. The summed E-state index contributed by atoms with van der Waals surface area (Å²) in [5, 5.41) is 3.92. The molecule has 0 atom stereocenters. The highest BCUT2D eigenvalue weighted by Gasteiger charge is 2.21. The number of pyridine rings is 1. The smallest absolute Gasteiger partial charge is 0.251 e. The fourth-order valence-corrected chi connectivity index (χ4v) is 3.84. The molecule has 0 spiro atoms. The second-order valence-electron chi connectivity index (χ2n) is 7.81. The van der Waals surface area contributed by atoms with E-state index in [4.69, 9.17) is 16.3 Å². The fourth-order valence-electron chi connectivity index (χ4n) is 3.71. The first-order valence-corrected chi connectivity index (χ1v) is 10.9. The van der Waals surface area contributed by atoms with E-state index in [2.05, 4.69) is 27.3 Å². The number of likely N-dealkylation sites (tertiary alicyclic amines) is 1. The van der Waals surface area contributed by atoms with Crippen LogP contribution in [0.1, 0.15) is 34.3 Å². The van der Waals surface area contributed by atoms with Gasteiger partial charge < -0.3 is 10.1 Å². The van der Waals surface area contributed by atoms with Gasteiger partial charge in [-0.1, -0.05) is 54.1 Å². The van der Waals surface area contributed by atoms with E-state index in [-0.39, 0.29) is 11.9 Å². The van der Waals surface area contributed by atoms with Crippen LogP contribution in [0.4, 0.5) is 0 Å². The number of halogens is 1. The number of benzene rings is 2. The van der Waals surface area contributed by atoms with E-state index < -0.39 is 0 Å². The summed E-state index contributed by atoms with van der Waals surface area (Å²) in [5.41, 5.74) is 2.89. The van der Waals surface area contributed by atoms with Gasteiger partial charge in [0.15, 0.2) is 0 Å². The first-order chi connectivity index (χ1) is 15.2. The highest BCUT2D eigenvalue weighted by molar-refractivity contribution is 6.30. The molecule has 31 heavy (non-hydrogen) atoms. The summed E-state index contributed by atoms with van der Waals surface area (Å²) in [7, 11) is 0. The van der Waals surface area contributed by atoms with Crippen molar-refractivity contribution >= 4 is 17.5 Å². The van der Waals surface area contributed by atoms with Gasteiger partial charge in [-0.05, 0) is 42.2 Å². The van der Waals surface area contributed by atoms with E-state index in [1.807, 2.05) is 42.5 Å². The molecule has 1 aliphatic rings. The first-order valence-electron chi connectivity index (χ1n) is 10.6. The average Bonchev–Trinajstić information content (AvgIpc) is 2.81. The summed E-state index contributed by atoms with van der Waals surface area (Å²) in [6.07, 6.45) is 3.48. The van der Waals surface area contributed by atoms with Crippen LogP contribution in [0, 0.1) is 0 Å². The van der Waals surface area contributed by atoms with E-state index in [1.165, 1.54) is 5.56 Å². The Morgan fingerprint density at radius 1 is 1.03 bits per heavy atom. The Labute approximate surface area is 188 Å². The number of aromatic nitrogens is 1. The minimum atomic E-state index is -0.0805. The van der Waals surface area contributed by atoms with Gasteiger partial charge in [-0.3, -0.25) is 9.69 Å². The van der Waals surface area contributed by atoms with Crippen LogP contribution in [0.15, 0.2) is 72.9 Å². The molecule has 3 aromatic rings. The summed E-state index contributed by atoms with van der Waals surface area (Å²) in [6.45, 7) is 3.24. The van der Waals surface area contributed by atoms with Crippen molar-refractivity contribution in [2.45, 2.75) is 32.0 Å². The number of nitrogens with one attached hydrogen (secondary N) is 1. The molecule has 160 valence electrons. The van der Waals surface area contributed by atoms with Crippen molar-refractivity contribution in [3.8, 4) is 5.88 Å². The molecule has 1 aliphatic heterocycles. The number of ether oxygens (including phenoxy) is 1. The van der Waals surface area contributed by atoms with Gasteiger partial charge in [0.25, 0.3) is 5.91 Å². The molecule has 2 aromatic carbocycles. The van der Waals surface area contributed by atoms with E-state index in [0.29, 0.717) is 18.1 Å². The molecule has 0 aliphatic carbocycles. The highest BCUT2D eigenvalue weighted by atomic mass is 35.5. The molecule has 0 bridgehead atoms. The van der Waals surface area contributed by atoms with Gasteiger partial charge in [0, 0.05) is 48.5 Å². The fraction of sp³-hybridized carbons (Fsp3) is 0.280. The largest absolute Gasteiger partial charge is 0.473 e. The van der Waals surface area contributed by atoms with Crippen LogP contribution >= 0.6 is 11.6 Å². The monoisotopic (exact) mass is 435 g/mol. The SMILES string of the molecule is O=C(NC1CCN(Cc2ccc(Cl)cc2)CC1)c1ccnc(OCc2ccccc2)c1. The maximum atomic E-state index is 12.7. The lowest BCUT2D eigenvalue weighted by Gasteiger charge is -2.32. The van der Waals surface area contributed by atoms with Crippen molar-refractivity contribution in [3.05, 3.63) is 94.6 Å². The van der Waals surface area contributed by atoms with Crippen molar-refractivity contribution in [2.75, 3.05) is 13.1 Å². The molecule has 1 aromatic heterocycles. The zero-order chi connectivity index (χ0) is 21.5. The van der Waals surface area contributed by atoms with Crippen molar-refractivity contribution in [1.82, 2.24) is 15.2 Å². The Morgan fingerprint density at radius 3 is 2.52 bits per heavy atom. The molecule has 1 fully saturated rings. The second-order valence-corrected chi connectivity index (χ2v) is 8.24. The maximum absolute atomic E-state index is 12.7. The number of hydrogen-bond acceptors (Lipinski definition) is 4. The summed E-state index contributed by atoms with van der Waals surface area (Å²) < 4.78 is 5.74.